The lowest BCUT2D eigenvalue weighted by Crippen LogP contribution is -2.43. The van der Waals surface area contributed by atoms with Gasteiger partial charge in [0, 0.05) is 18.1 Å². The molecule has 0 bridgehead atoms. The highest BCUT2D eigenvalue weighted by atomic mass is 35.5. The van der Waals surface area contributed by atoms with E-state index in [4.69, 9.17) is 16.3 Å². The van der Waals surface area contributed by atoms with Gasteiger partial charge in [0.2, 0.25) is 15.9 Å². The van der Waals surface area contributed by atoms with Crippen molar-refractivity contribution in [1.82, 2.24) is 4.31 Å². The Morgan fingerprint density at radius 1 is 1.22 bits per heavy atom. The van der Waals surface area contributed by atoms with Crippen LogP contribution < -0.4 is 10.1 Å². The lowest BCUT2D eigenvalue weighted by atomic mass is 9.98. The average Bonchev–Trinajstić information content (AvgIpc) is 2.75. The molecule has 0 aromatic heterocycles. The predicted octanol–water partition coefficient (Wildman–Crippen LogP) is 4.80. The summed E-state index contributed by atoms with van der Waals surface area (Å²) in [5.74, 6) is -0.937. The molecule has 0 spiro atoms. The van der Waals surface area contributed by atoms with Gasteiger partial charge in [0.25, 0.3) is 0 Å². The van der Waals surface area contributed by atoms with Crippen LogP contribution in [0.25, 0.3) is 0 Å². The Morgan fingerprint density at radius 3 is 2.53 bits per heavy atom. The van der Waals surface area contributed by atoms with Crippen LogP contribution in [0.4, 0.5) is 18.9 Å². The first-order valence-corrected chi connectivity index (χ1v) is 11.7. The predicted molar refractivity (Wildman–Crippen MR) is 114 cm³/mol. The summed E-state index contributed by atoms with van der Waals surface area (Å²) >= 11 is 5.67. The third-order valence-electron chi connectivity index (χ3n) is 5.07. The minimum Gasteiger partial charge on any atom is -0.494 e. The van der Waals surface area contributed by atoms with Crippen LogP contribution in [0.15, 0.2) is 47.4 Å². The number of nitrogens with one attached hydrogen (secondary N) is 1. The number of hydrogen-bond acceptors (Lipinski definition) is 4. The number of nitrogens with zero attached hydrogens (tertiary/aromatic N) is 1. The monoisotopic (exact) mass is 490 g/mol. The first-order chi connectivity index (χ1) is 15.0. The largest absolute Gasteiger partial charge is 0.494 e. The molecule has 2 aromatic rings. The van der Waals surface area contributed by atoms with Crippen molar-refractivity contribution in [1.29, 1.82) is 0 Å². The summed E-state index contributed by atoms with van der Waals surface area (Å²) in [5, 5.41) is 2.18. The Kier molecular flexibility index (Phi) is 7.36. The molecule has 0 aliphatic carbocycles. The second-order valence-corrected chi connectivity index (χ2v) is 9.66. The van der Waals surface area contributed by atoms with Crippen molar-refractivity contribution in [3.05, 3.63) is 53.1 Å². The van der Waals surface area contributed by atoms with E-state index in [1.54, 1.807) is 12.1 Å². The fourth-order valence-corrected chi connectivity index (χ4v) is 5.19. The summed E-state index contributed by atoms with van der Waals surface area (Å²) in [4.78, 5) is 12.8. The molecular weight excluding hydrogens is 469 g/mol. The number of benzene rings is 2. The van der Waals surface area contributed by atoms with E-state index in [0.717, 1.165) is 12.1 Å². The lowest BCUT2D eigenvalue weighted by Gasteiger charge is -2.31. The lowest BCUT2D eigenvalue weighted by molar-refractivity contribution is -0.137. The topological polar surface area (TPSA) is 75.7 Å². The van der Waals surface area contributed by atoms with Crippen LogP contribution in [0.2, 0.25) is 5.02 Å². The van der Waals surface area contributed by atoms with Gasteiger partial charge < -0.3 is 10.1 Å². The van der Waals surface area contributed by atoms with E-state index in [-0.39, 0.29) is 23.0 Å². The first kappa shape index (κ1) is 24.3. The van der Waals surface area contributed by atoms with Crippen LogP contribution in [-0.2, 0) is 21.0 Å². The number of amides is 1. The number of anilines is 1. The highest BCUT2D eigenvalue weighted by Crippen LogP contribution is 2.37. The molecule has 1 atom stereocenters. The number of hydrogen-bond donors (Lipinski definition) is 1. The van der Waals surface area contributed by atoms with Gasteiger partial charge in [0.05, 0.1) is 28.7 Å². The molecule has 174 valence electrons. The quantitative estimate of drug-likeness (QED) is 0.631. The number of carbonyl (C=O) groups excluding carboxylic acids is 1. The molecule has 1 amide bonds. The van der Waals surface area contributed by atoms with Crippen molar-refractivity contribution in [2.75, 3.05) is 25.0 Å². The molecule has 1 aliphatic heterocycles. The molecule has 1 aliphatic rings. The highest BCUT2D eigenvalue weighted by Gasteiger charge is 2.36. The van der Waals surface area contributed by atoms with Crippen LogP contribution in [0, 0.1) is 5.92 Å². The van der Waals surface area contributed by atoms with Gasteiger partial charge in [0.1, 0.15) is 5.75 Å². The van der Waals surface area contributed by atoms with E-state index in [9.17, 15) is 26.4 Å². The zero-order valence-electron chi connectivity index (χ0n) is 17.2. The number of piperidine rings is 1. The van der Waals surface area contributed by atoms with E-state index < -0.39 is 39.3 Å². The van der Waals surface area contributed by atoms with Gasteiger partial charge in [-0.25, -0.2) is 8.42 Å². The Bertz CT molecular complexity index is 1080. The number of rotatable bonds is 6. The summed E-state index contributed by atoms with van der Waals surface area (Å²) in [6.45, 7) is 2.34. The molecule has 1 fully saturated rings. The fourth-order valence-electron chi connectivity index (χ4n) is 3.49. The highest BCUT2D eigenvalue weighted by molar-refractivity contribution is 7.89. The van der Waals surface area contributed by atoms with Gasteiger partial charge in [0.15, 0.2) is 0 Å². The minimum atomic E-state index is -4.71. The van der Waals surface area contributed by atoms with Gasteiger partial charge in [-0.1, -0.05) is 11.6 Å². The van der Waals surface area contributed by atoms with Crippen molar-refractivity contribution >= 4 is 33.2 Å². The van der Waals surface area contributed by atoms with Gasteiger partial charge in [-0.15, -0.1) is 0 Å². The van der Waals surface area contributed by atoms with Gasteiger partial charge in [-0.2, -0.15) is 17.5 Å². The average molecular weight is 491 g/mol. The number of carbonyl (C=O) groups is 1. The van der Waals surface area contributed by atoms with Crippen molar-refractivity contribution in [2.24, 2.45) is 5.92 Å². The Hall–Kier alpha value is -2.30. The molecule has 1 N–H and O–H groups in total. The smallest absolute Gasteiger partial charge is 0.418 e. The van der Waals surface area contributed by atoms with E-state index in [2.05, 4.69) is 5.32 Å². The maximum absolute atomic E-state index is 13.3. The number of sulfonamides is 1. The standard InChI is InChI=1S/C21H22ClF3N2O4S/c1-2-31-16-6-8-17(9-7-16)32(29,30)27-11-3-4-14(13-27)20(28)26-19-10-5-15(22)12-18(19)21(23,24)25/h5-10,12,14H,2-4,11,13H2,1H3,(H,26,28)/t14-/m0/s1. The second kappa shape index (κ2) is 9.68. The fraction of sp³-hybridized carbons (Fsp3) is 0.381. The summed E-state index contributed by atoms with van der Waals surface area (Å²) < 4.78 is 72.4. The maximum Gasteiger partial charge on any atom is 0.418 e. The summed E-state index contributed by atoms with van der Waals surface area (Å²) in [5.41, 5.74) is -1.48. The van der Waals surface area contributed by atoms with E-state index in [1.807, 2.05) is 6.92 Å². The first-order valence-electron chi connectivity index (χ1n) is 9.93. The van der Waals surface area contributed by atoms with Gasteiger partial charge in [-0.3, -0.25) is 4.79 Å². The molecule has 0 saturated carbocycles. The molecule has 6 nitrogen and oxygen atoms in total. The van der Waals surface area contributed by atoms with Crippen LogP contribution in [-0.4, -0.2) is 38.3 Å². The van der Waals surface area contributed by atoms with Crippen LogP contribution in [0.5, 0.6) is 5.75 Å². The molecule has 1 saturated heterocycles. The molecule has 0 radical (unpaired) electrons. The molecule has 32 heavy (non-hydrogen) atoms. The number of ether oxygens (including phenoxy) is 1. The Morgan fingerprint density at radius 2 is 1.91 bits per heavy atom. The van der Waals surface area contributed by atoms with E-state index in [0.29, 0.717) is 25.2 Å². The number of halogens is 4. The van der Waals surface area contributed by atoms with Gasteiger partial charge >= 0.3 is 6.18 Å². The summed E-state index contributed by atoms with van der Waals surface area (Å²) in [7, 11) is -3.87. The van der Waals surface area contributed by atoms with Crippen LogP contribution >= 0.6 is 11.6 Å². The Labute approximate surface area is 189 Å². The van der Waals surface area contributed by atoms with E-state index in [1.165, 1.54) is 22.5 Å². The molecule has 1 heterocycles. The van der Waals surface area contributed by atoms with Crippen molar-refractivity contribution in [3.63, 3.8) is 0 Å². The maximum atomic E-state index is 13.3. The molecule has 11 heteroatoms. The third-order valence-corrected chi connectivity index (χ3v) is 7.19. The normalized spacial score (nSPS) is 17.7. The zero-order valence-corrected chi connectivity index (χ0v) is 18.7. The summed E-state index contributed by atoms with van der Waals surface area (Å²) in [6, 6.07) is 9.01. The molecule has 0 unspecified atom stereocenters. The molecule has 2 aromatic carbocycles. The SMILES string of the molecule is CCOc1ccc(S(=O)(=O)N2CCC[C@H](C(=O)Nc3ccc(Cl)cc3C(F)(F)F)C2)cc1. The summed E-state index contributed by atoms with van der Waals surface area (Å²) in [6.07, 6.45) is -3.94. The number of alkyl halides is 3. The molecule has 3 rings (SSSR count). The van der Waals surface area contributed by atoms with Crippen LogP contribution in [0.3, 0.4) is 0 Å². The second-order valence-electron chi connectivity index (χ2n) is 7.28. The third kappa shape index (κ3) is 5.54. The van der Waals surface area contributed by atoms with Crippen molar-refractivity contribution < 1.29 is 31.1 Å². The van der Waals surface area contributed by atoms with Gasteiger partial charge in [-0.05, 0) is 62.2 Å². The van der Waals surface area contributed by atoms with Crippen LogP contribution in [0.1, 0.15) is 25.3 Å². The van der Waals surface area contributed by atoms with E-state index >= 15 is 0 Å². The minimum absolute atomic E-state index is 0.0547. The molecular formula is C21H22ClF3N2O4S. The zero-order chi connectivity index (χ0) is 23.5. The Balaban J connectivity index is 1.75. The van der Waals surface area contributed by atoms with Crippen molar-refractivity contribution in [3.8, 4) is 5.75 Å². The van der Waals surface area contributed by atoms with Crippen molar-refractivity contribution in [2.45, 2.75) is 30.8 Å².